The molecule has 0 saturated carbocycles. The molecule has 1 aliphatic rings. The Morgan fingerprint density at radius 3 is 2.94 bits per heavy atom. The van der Waals surface area contributed by atoms with Crippen LogP contribution >= 0.6 is 11.6 Å². The fourth-order valence-electron chi connectivity index (χ4n) is 2.22. The molecule has 0 saturated heterocycles. The quantitative estimate of drug-likeness (QED) is 0.865. The third-order valence-electron chi connectivity index (χ3n) is 3.03. The van der Waals surface area contributed by atoms with Gasteiger partial charge in [-0.2, -0.15) is 0 Å². The van der Waals surface area contributed by atoms with Crippen LogP contribution < -0.4 is 4.74 Å². The Morgan fingerprint density at radius 2 is 2.31 bits per heavy atom. The Labute approximate surface area is 99.0 Å². The van der Waals surface area contributed by atoms with Crippen molar-refractivity contribution in [3.05, 3.63) is 28.3 Å². The van der Waals surface area contributed by atoms with Gasteiger partial charge in [0.05, 0.1) is 18.1 Å². The molecule has 1 aromatic carbocycles. The van der Waals surface area contributed by atoms with Crippen molar-refractivity contribution in [2.45, 2.75) is 25.2 Å². The first-order valence-electron chi connectivity index (χ1n) is 5.22. The molecule has 0 aliphatic heterocycles. The molecular weight excluding hydrogens is 228 g/mol. The van der Waals surface area contributed by atoms with Gasteiger partial charge in [-0.05, 0) is 42.5 Å². The van der Waals surface area contributed by atoms with Gasteiger partial charge < -0.3 is 9.84 Å². The van der Waals surface area contributed by atoms with Gasteiger partial charge in [0.25, 0.3) is 0 Å². The van der Waals surface area contributed by atoms with E-state index in [0.29, 0.717) is 17.2 Å². The summed E-state index contributed by atoms with van der Waals surface area (Å²) in [7, 11) is 1.56. The second-order valence-electron chi connectivity index (χ2n) is 3.97. The highest BCUT2D eigenvalue weighted by atomic mass is 35.5. The topological polar surface area (TPSA) is 46.5 Å². The molecule has 0 heterocycles. The lowest BCUT2D eigenvalue weighted by Crippen LogP contribution is -2.18. The van der Waals surface area contributed by atoms with E-state index in [1.807, 2.05) is 6.07 Å². The Morgan fingerprint density at radius 1 is 1.56 bits per heavy atom. The molecule has 3 nitrogen and oxygen atoms in total. The van der Waals surface area contributed by atoms with Crippen molar-refractivity contribution in [1.29, 1.82) is 0 Å². The number of carboxylic acid groups (broad SMARTS) is 1. The minimum Gasteiger partial charge on any atom is -0.495 e. The molecule has 1 aliphatic carbocycles. The Hall–Kier alpha value is -1.22. The smallest absolute Gasteiger partial charge is 0.310 e. The molecule has 4 heteroatoms. The zero-order valence-corrected chi connectivity index (χ0v) is 9.75. The lowest BCUT2D eigenvalue weighted by molar-refractivity contribution is -0.139. The lowest BCUT2D eigenvalue weighted by Gasteiger charge is -2.23. The predicted octanol–water partition coefficient (Wildman–Crippen LogP) is 2.85. The highest BCUT2D eigenvalue weighted by molar-refractivity contribution is 6.32. The number of halogens is 1. The van der Waals surface area contributed by atoms with Crippen molar-refractivity contribution in [1.82, 2.24) is 0 Å². The number of fused-ring (bicyclic) bond motifs is 1. The van der Waals surface area contributed by atoms with E-state index in [2.05, 4.69) is 0 Å². The van der Waals surface area contributed by atoms with E-state index in [-0.39, 0.29) is 0 Å². The number of hydrogen-bond donors (Lipinski definition) is 1. The van der Waals surface area contributed by atoms with Gasteiger partial charge in [0.2, 0.25) is 0 Å². The summed E-state index contributed by atoms with van der Waals surface area (Å²) in [6, 6.07) is 3.58. The molecule has 16 heavy (non-hydrogen) atoms. The number of methoxy groups -OCH3 is 1. The maximum absolute atomic E-state index is 11.1. The first-order chi connectivity index (χ1) is 7.63. The number of hydrogen-bond acceptors (Lipinski definition) is 2. The minimum absolute atomic E-state index is 0.424. The van der Waals surface area contributed by atoms with E-state index in [1.54, 1.807) is 13.2 Å². The zero-order chi connectivity index (χ0) is 11.7. The molecule has 1 atom stereocenters. The third kappa shape index (κ3) is 1.87. The van der Waals surface area contributed by atoms with Crippen LogP contribution in [-0.4, -0.2) is 18.2 Å². The third-order valence-corrected chi connectivity index (χ3v) is 3.32. The standard InChI is InChI=1S/C12H13ClO3/c1-16-11-5-7-3-2-4-8(12(14)15)9(7)6-10(11)13/h5-6,8H,2-4H2,1H3,(H,14,15). The van der Waals surface area contributed by atoms with Gasteiger partial charge in [-0.3, -0.25) is 4.79 Å². The molecule has 0 radical (unpaired) electrons. The Balaban J connectivity index is 2.49. The maximum Gasteiger partial charge on any atom is 0.310 e. The minimum atomic E-state index is -0.776. The van der Waals surface area contributed by atoms with E-state index in [9.17, 15) is 4.79 Å². The number of ether oxygens (including phenoxy) is 1. The van der Waals surface area contributed by atoms with E-state index in [4.69, 9.17) is 21.4 Å². The normalized spacial score (nSPS) is 19.0. The molecule has 2 rings (SSSR count). The SMILES string of the molecule is COc1cc2c(cc1Cl)C(C(=O)O)CCC2. The van der Waals surface area contributed by atoms with E-state index in [0.717, 1.165) is 24.0 Å². The summed E-state index contributed by atoms with van der Waals surface area (Å²) in [5, 5.41) is 9.61. The fourth-order valence-corrected chi connectivity index (χ4v) is 2.47. The largest absolute Gasteiger partial charge is 0.495 e. The monoisotopic (exact) mass is 240 g/mol. The van der Waals surface area contributed by atoms with Crippen LogP contribution in [0, 0.1) is 0 Å². The van der Waals surface area contributed by atoms with E-state index >= 15 is 0 Å². The molecule has 0 amide bonds. The number of aliphatic carboxylic acids is 1. The number of carboxylic acids is 1. The average Bonchev–Trinajstić information content (AvgIpc) is 2.27. The Bertz CT molecular complexity index is 429. The lowest BCUT2D eigenvalue weighted by atomic mass is 9.83. The summed E-state index contributed by atoms with van der Waals surface area (Å²) in [6.45, 7) is 0. The summed E-state index contributed by atoms with van der Waals surface area (Å²) in [5.41, 5.74) is 1.88. The summed E-state index contributed by atoms with van der Waals surface area (Å²) in [6.07, 6.45) is 2.48. The molecule has 1 N–H and O–H groups in total. The summed E-state index contributed by atoms with van der Waals surface area (Å²) < 4.78 is 5.13. The first kappa shape index (κ1) is 11.3. The van der Waals surface area contributed by atoms with Crippen LogP contribution in [0.25, 0.3) is 0 Å². The molecule has 0 aromatic heterocycles. The first-order valence-corrected chi connectivity index (χ1v) is 5.60. The van der Waals surface area contributed by atoms with Gasteiger partial charge in [0.15, 0.2) is 0 Å². The van der Waals surface area contributed by atoms with Crippen molar-refractivity contribution in [2.75, 3.05) is 7.11 Å². The van der Waals surface area contributed by atoms with Gasteiger partial charge in [0, 0.05) is 0 Å². The van der Waals surface area contributed by atoms with Crippen molar-refractivity contribution in [3.63, 3.8) is 0 Å². The van der Waals surface area contributed by atoms with Crippen molar-refractivity contribution < 1.29 is 14.6 Å². The molecule has 0 spiro atoms. The summed E-state index contributed by atoms with van der Waals surface area (Å²) >= 11 is 6.01. The van der Waals surface area contributed by atoms with Gasteiger partial charge in [-0.25, -0.2) is 0 Å². The van der Waals surface area contributed by atoms with Crippen LogP contribution in [0.2, 0.25) is 5.02 Å². The fraction of sp³-hybridized carbons (Fsp3) is 0.417. The maximum atomic E-state index is 11.1. The van der Waals surface area contributed by atoms with Gasteiger partial charge in [0.1, 0.15) is 5.75 Å². The average molecular weight is 241 g/mol. The van der Waals surface area contributed by atoms with E-state index in [1.165, 1.54) is 0 Å². The van der Waals surface area contributed by atoms with E-state index < -0.39 is 11.9 Å². The number of benzene rings is 1. The van der Waals surface area contributed by atoms with Gasteiger partial charge >= 0.3 is 5.97 Å². The van der Waals surface area contributed by atoms with Crippen LogP contribution in [0.15, 0.2) is 12.1 Å². The molecule has 86 valence electrons. The van der Waals surface area contributed by atoms with Crippen LogP contribution in [0.5, 0.6) is 5.75 Å². The van der Waals surface area contributed by atoms with Crippen molar-refractivity contribution >= 4 is 17.6 Å². The second kappa shape index (κ2) is 4.34. The summed E-state index contributed by atoms with van der Waals surface area (Å²) in [5.74, 6) is -0.583. The Kier molecular flexibility index (Phi) is 3.06. The second-order valence-corrected chi connectivity index (χ2v) is 4.38. The number of carbonyl (C=O) groups is 1. The van der Waals surface area contributed by atoms with Crippen LogP contribution in [-0.2, 0) is 11.2 Å². The van der Waals surface area contributed by atoms with Crippen LogP contribution in [0.1, 0.15) is 29.9 Å². The van der Waals surface area contributed by atoms with Crippen LogP contribution in [0.3, 0.4) is 0 Å². The number of aryl methyl sites for hydroxylation is 1. The number of rotatable bonds is 2. The highest BCUT2D eigenvalue weighted by Crippen LogP contribution is 2.37. The van der Waals surface area contributed by atoms with Gasteiger partial charge in [-0.1, -0.05) is 11.6 Å². The molecule has 0 fully saturated rings. The predicted molar refractivity (Wildman–Crippen MR) is 61.3 cm³/mol. The zero-order valence-electron chi connectivity index (χ0n) is 9.00. The van der Waals surface area contributed by atoms with Crippen LogP contribution in [0.4, 0.5) is 0 Å². The van der Waals surface area contributed by atoms with Crippen molar-refractivity contribution in [2.24, 2.45) is 0 Å². The summed E-state index contributed by atoms with van der Waals surface area (Å²) in [4.78, 5) is 11.1. The highest BCUT2D eigenvalue weighted by Gasteiger charge is 2.27. The van der Waals surface area contributed by atoms with Crippen molar-refractivity contribution in [3.8, 4) is 5.75 Å². The molecular formula is C12H13ClO3. The van der Waals surface area contributed by atoms with Gasteiger partial charge in [-0.15, -0.1) is 0 Å². The molecule has 1 aromatic rings. The molecule has 0 bridgehead atoms. The molecule has 1 unspecified atom stereocenters.